The van der Waals surface area contributed by atoms with Crippen molar-refractivity contribution in [1.82, 2.24) is 0 Å². The van der Waals surface area contributed by atoms with Crippen LogP contribution in [0.1, 0.15) is 26.2 Å². The molecule has 58 valence electrons. The van der Waals surface area contributed by atoms with E-state index >= 15 is 0 Å². The quantitative estimate of drug-likeness (QED) is 0.521. The van der Waals surface area contributed by atoms with Gasteiger partial charge in [0.25, 0.3) is 0 Å². The van der Waals surface area contributed by atoms with E-state index in [-0.39, 0.29) is 16.9 Å². The molecule has 1 rings (SSSR count). The van der Waals surface area contributed by atoms with E-state index in [1.807, 2.05) is 6.92 Å². The molecule has 3 heteroatoms. The number of esters is 1. The largest absolute Gasteiger partial charge is 0.462 e. The molecule has 0 N–H and O–H groups in total. The van der Waals surface area contributed by atoms with Crippen LogP contribution in [0.2, 0.25) is 0 Å². The summed E-state index contributed by atoms with van der Waals surface area (Å²) in [4.78, 5) is 10.9. The highest BCUT2D eigenvalue weighted by atomic mass is 79.9. The number of rotatable bonds is 3. The van der Waals surface area contributed by atoms with E-state index in [1.165, 1.54) is 0 Å². The van der Waals surface area contributed by atoms with Gasteiger partial charge < -0.3 is 4.74 Å². The van der Waals surface area contributed by atoms with E-state index in [4.69, 9.17) is 4.74 Å². The van der Waals surface area contributed by atoms with Crippen LogP contribution in [0.3, 0.4) is 0 Å². The van der Waals surface area contributed by atoms with Crippen molar-refractivity contribution in [3.8, 4) is 0 Å². The van der Waals surface area contributed by atoms with Crippen molar-refractivity contribution in [3.63, 3.8) is 0 Å². The summed E-state index contributed by atoms with van der Waals surface area (Å²) < 4.78 is 5.03. The second-order valence-electron chi connectivity index (χ2n) is 2.51. The van der Waals surface area contributed by atoms with E-state index in [0.717, 1.165) is 19.3 Å². The third-order valence-corrected chi connectivity index (χ3v) is 2.44. The van der Waals surface area contributed by atoms with Gasteiger partial charge in [-0.15, -0.1) is 0 Å². The fourth-order valence-electron chi connectivity index (χ4n) is 0.591. The Morgan fingerprint density at radius 3 is 2.80 bits per heavy atom. The van der Waals surface area contributed by atoms with E-state index in [1.54, 1.807) is 0 Å². The van der Waals surface area contributed by atoms with Gasteiger partial charge in [0.05, 0.1) is 0 Å². The molecule has 1 saturated carbocycles. The van der Waals surface area contributed by atoms with Gasteiger partial charge in [-0.2, -0.15) is 0 Å². The second kappa shape index (κ2) is 3.37. The predicted octanol–water partition coefficient (Wildman–Crippen LogP) is 1.87. The molecule has 10 heavy (non-hydrogen) atoms. The van der Waals surface area contributed by atoms with Gasteiger partial charge in [0.2, 0.25) is 0 Å². The molecule has 1 fully saturated rings. The minimum absolute atomic E-state index is 0.104. The maximum atomic E-state index is 11.0. The first kappa shape index (κ1) is 8.05. The SMILES string of the molecule is CCC(Br)C(=O)OC1CC1. The van der Waals surface area contributed by atoms with Crippen molar-refractivity contribution >= 4 is 21.9 Å². The predicted molar refractivity (Wildman–Crippen MR) is 42.1 cm³/mol. The lowest BCUT2D eigenvalue weighted by Crippen LogP contribution is -2.17. The van der Waals surface area contributed by atoms with Gasteiger partial charge in [-0.3, -0.25) is 4.79 Å². The molecule has 0 saturated heterocycles. The zero-order chi connectivity index (χ0) is 7.56. The minimum Gasteiger partial charge on any atom is -0.462 e. The summed E-state index contributed by atoms with van der Waals surface area (Å²) in [6, 6.07) is 0. The molecule has 0 heterocycles. The molecule has 0 aliphatic heterocycles. The first-order valence-corrected chi connectivity index (χ1v) is 4.50. The lowest BCUT2D eigenvalue weighted by Gasteiger charge is -2.05. The lowest BCUT2D eigenvalue weighted by atomic mass is 10.3. The third kappa shape index (κ3) is 2.29. The molecule has 1 aliphatic rings. The topological polar surface area (TPSA) is 26.3 Å². The molecule has 0 amide bonds. The Morgan fingerprint density at radius 1 is 1.80 bits per heavy atom. The van der Waals surface area contributed by atoms with Crippen LogP contribution in [-0.2, 0) is 9.53 Å². The summed E-state index contributed by atoms with van der Waals surface area (Å²) in [5.74, 6) is -0.106. The molecule has 1 aliphatic carbocycles. The molecule has 0 aromatic heterocycles. The van der Waals surface area contributed by atoms with Crippen molar-refractivity contribution in [1.29, 1.82) is 0 Å². The van der Waals surface area contributed by atoms with Gasteiger partial charge in [-0.25, -0.2) is 0 Å². The summed E-state index contributed by atoms with van der Waals surface area (Å²) in [6.07, 6.45) is 3.13. The molecule has 0 bridgehead atoms. The highest BCUT2D eigenvalue weighted by Gasteiger charge is 2.27. The molecule has 2 nitrogen and oxygen atoms in total. The Bertz CT molecular complexity index is 132. The number of carbonyl (C=O) groups excluding carboxylic acids is 1. The second-order valence-corrected chi connectivity index (χ2v) is 3.62. The summed E-state index contributed by atoms with van der Waals surface area (Å²) >= 11 is 3.22. The molecule has 0 aromatic carbocycles. The van der Waals surface area contributed by atoms with E-state index in [2.05, 4.69) is 15.9 Å². The van der Waals surface area contributed by atoms with E-state index in [9.17, 15) is 4.79 Å². The van der Waals surface area contributed by atoms with Crippen LogP contribution in [0.5, 0.6) is 0 Å². The molecule has 1 unspecified atom stereocenters. The maximum Gasteiger partial charge on any atom is 0.319 e. The standard InChI is InChI=1S/C7H11BrO2/c1-2-6(8)7(9)10-5-3-4-5/h5-6H,2-4H2,1H3. The van der Waals surface area contributed by atoms with Crippen LogP contribution in [0.4, 0.5) is 0 Å². The fourth-order valence-corrected chi connectivity index (χ4v) is 0.699. The van der Waals surface area contributed by atoms with E-state index in [0.29, 0.717) is 0 Å². The van der Waals surface area contributed by atoms with Crippen molar-refractivity contribution in [3.05, 3.63) is 0 Å². The summed E-state index contributed by atoms with van der Waals surface area (Å²) in [5.41, 5.74) is 0. The number of hydrogen-bond acceptors (Lipinski definition) is 2. The lowest BCUT2D eigenvalue weighted by molar-refractivity contribution is -0.144. The normalized spacial score (nSPS) is 20.2. The Balaban J connectivity index is 2.18. The number of hydrogen-bond donors (Lipinski definition) is 0. The zero-order valence-corrected chi connectivity index (χ0v) is 7.56. The van der Waals surface area contributed by atoms with Gasteiger partial charge in [-0.05, 0) is 19.3 Å². The summed E-state index contributed by atoms with van der Waals surface area (Å²) in [5, 5.41) is 0. The van der Waals surface area contributed by atoms with Gasteiger partial charge in [0.15, 0.2) is 0 Å². The number of halogens is 1. The smallest absolute Gasteiger partial charge is 0.319 e. The average molecular weight is 207 g/mol. The van der Waals surface area contributed by atoms with Crippen molar-refractivity contribution in [2.24, 2.45) is 0 Å². The van der Waals surface area contributed by atoms with Crippen LogP contribution in [0, 0.1) is 0 Å². The Kier molecular flexibility index (Phi) is 2.72. The van der Waals surface area contributed by atoms with Gasteiger partial charge in [0.1, 0.15) is 10.9 Å². The van der Waals surface area contributed by atoms with Crippen molar-refractivity contribution in [2.75, 3.05) is 0 Å². The molecule has 0 aromatic rings. The highest BCUT2D eigenvalue weighted by molar-refractivity contribution is 9.10. The number of alkyl halides is 1. The molecule has 0 radical (unpaired) electrons. The van der Waals surface area contributed by atoms with E-state index < -0.39 is 0 Å². The van der Waals surface area contributed by atoms with Crippen molar-refractivity contribution in [2.45, 2.75) is 37.1 Å². The molecule has 1 atom stereocenters. The van der Waals surface area contributed by atoms with Crippen LogP contribution in [-0.4, -0.2) is 16.9 Å². The van der Waals surface area contributed by atoms with Crippen LogP contribution >= 0.6 is 15.9 Å². The fraction of sp³-hybridized carbons (Fsp3) is 0.857. The number of carbonyl (C=O) groups is 1. The Morgan fingerprint density at radius 2 is 2.40 bits per heavy atom. The molecule has 0 spiro atoms. The van der Waals surface area contributed by atoms with Crippen LogP contribution in [0.15, 0.2) is 0 Å². The van der Waals surface area contributed by atoms with Gasteiger partial charge in [0, 0.05) is 0 Å². The van der Waals surface area contributed by atoms with Crippen LogP contribution < -0.4 is 0 Å². The highest BCUT2D eigenvalue weighted by Crippen LogP contribution is 2.25. The third-order valence-electron chi connectivity index (χ3n) is 1.42. The minimum atomic E-state index is -0.106. The Labute approximate surface area is 69.1 Å². The maximum absolute atomic E-state index is 11.0. The summed E-state index contributed by atoms with van der Waals surface area (Å²) in [7, 11) is 0. The zero-order valence-electron chi connectivity index (χ0n) is 5.97. The first-order valence-electron chi connectivity index (χ1n) is 3.58. The molecular weight excluding hydrogens is 196 g/mol. The Hall–Kier alpha value is -0.0500. The monoisotopic (exact) mass is 206 g/mol. The van der Waals surface area contributed by atoms with Crippen molar-refractivity contribution < 1.29 is 9.53 Å². The molecular formula is C7H11BrO2. The van der Waals surface area contributed by atoms with Gasteiger partial charge >= 0.3 is 5.97 Å². The average Bonchev–Trinajstić information content (AvgIpc) is 2.70. The number of ether oxygens (including phenoxy) is 1. The van der Waals surface area contributed by atoms with Crippen LogP contribution in [0.25, 0.3) is 0 Å². The van der Waals surface area contributed by atoms with Gasteiger partial charge in [-0.1, -0.05) is 22.9 Å². The summed E-state index contributed by atoms with van der Waals surface area (Å²) in [6.45, 7) is 1.95. The first-order chi connectivity index (χ1) is 4.74.